The molecule has 2 aromatic carbocycles. The zero-order valence-corrected chi connectivity index (χ0v) is 23.9. The molecule has 0 fully saturated rings. The van der Waals surface area contributed by atoms with Gasteiger partial charge in [0.2, 0.25) is 5.91 Å². The maximum absolute atomic E-state index is 13.6. The molecule has 3 aliphatic rings. The Balaban J connectivity index is 1.33. The van der Waals surface area contributed by atoms with Gasteiger partial charge in [0.25, 0.3) is 0 Å². The summed E-state index contributed by atoms with van der Waals surface area (Å²) >= 11 is 1.64. The molecule has 8 heteroatoms. The van der Waals surface area contributed by atoms with Crippen LogP contribution in [0.2, 0.25) is 0 Å². The summed E-state index contributed by atoms with van der Waals surface area (Å²) in [5.74, 6) is 1.47. The summed E-state index contributed by atoms with van der Waals surface area (Å²) in [6.07, 6.45) is 6.51. The molecule has 3 heterocycles. The van der Waals surface area contributed by atoms with Gasteiger partial charge < -0.3 is 15.2 Å². The van der Waals surface area contributed by atoms with Crippen LogP contribution in [0.5, 0.6) is 0 Å². The minimum absolute atomic E-state index is 0.0684. The third kappa shape index (κ3) is 6.17. The van der Waals surface area contributed by atoms with Crippen molar-refractivity contribution in [2.45, 2.75) is 70.0 Å². The largest absolute Gasteiger partial charge is 0.375 e. The average molecular weight is 541 g/mol. The molecule has 0 aromatic heterocycles. The SMILES string of the molecule is CCc1cc(CC)cc(CSc2nc3cccn(C(CC)C(=O)Nc4cc(NC5C=NC5)ccc4C)c-3n2)c1. The number of hydrogen-bond donors (Lipinski definition) is 2. The normalized spacial score (nSPS) is 15.2. The van der Waals surface area contributed by atoms with Crippen LogP contribution in [0.15, 0.2) is 64.9 Å². The van der Waals surface area contributed by atoms with E-state index < -0.39 is 6.04 Å². The van der Waals surface area contributed by atoms with Crippen LogP contribution < -0.4 is 10.6 Å². The number of hydrogen-bond acceptors (Lipinski definition) is 6. The minimum Gasteiger partial charge on any atom is -0.375 e. The summed E-state index contributed by atoms with van der Waals surface area (Å²) in [4.78, 5) is 27.3. The van der Waals surface area contributed by atoms with E-state index in [9.17, 15) is 4.79 Å². The first-order valence-corrected chi connectivity index (χ1v) is 14.7. The van der Waals surface area contributed by atoms with Crippen LogP contribution in [-0.4, -0.2) is 39.2 Å². The van der Waals surface area contributed by atoms with Gasteiger partial charge in [0.1, 0.15) is 11.7 Å². The van der Waals surface area contributed by atoms with E-state index >= 15 is 0 Å². The van der Waals surface area contributed by atoms with E-state index in [4.69, 9.17) is 9.97 Å². The zero-order chi connectivity index (χ0) is 27.4. The van der Waals surface area contributed by atoms with Crippen LogP contribution in [0, 0.1) is 6.92 Å². The number of rotatable bonds is 11. The molecule has 39 heavy (non-hydrogen) atoms. The van der Waals surface area contributed by atoms with Gasteiger partial charge >= 0.3 is 0 Å². The van der Waals surface area contributed by atoms with Crippen LogP contribution in [0.4, 0.5) is 11.4 Å². The predicted molar refractivity (Wildman–Crippen MR) is 161 cm³/mol. The molecule has 2 aromatic rings. The molecule has 7 nitrogen and oxygen atoms in total. The van der Waals surface area contributed by atoms with Gasteiger partial charge in [-0.3, -0.25) is 9.79 Å². The van der Waals surface area contributed by atoms with Crippen LogP contribution in [0.25, 0.3) is 11.5 Å². The summed E-state index contributed by atoms with van der Waals surface area (Å²) in [5, 5.41) is 7.32. The lowest BCUT2D eigenvalue weighted by Gasteiger charge is -2.23. The summed E-state index contributed by atoms with van der Waals surface area (Å²) in [7, 11) is 0. The highest BCUT2D eigenvalue weighted by molar-refractivity contribution is 7.98. The number of anilines is 2. The van der Waals surface area contributed by atoms with Crippen molar-refractivity contribution < 1.29 is 4.79 Å². The number of aliphatic imine (C=N–C) groups is 1. The van der Waals surface area contributed by atoms with Gasteiger partial charge in [0, 0.05) is 29.5 Å². The van der Waals surface area contributed by atoms with Crippen molar-refractivity contribution in [1.29, 1.82) is 0 Å². The van der Waals surface area contributed by atoms with Crippen LogP contribution in [0.1, 0.15) is 55.5 Å². The molecule has 0 bridgehead atoms. The Morgan fingerprint density at radius 2 is 1.79 bits per heavy atom. The molecule has 2 unspecified atom stereocenters. The first kappa shape index (κ1) is 26.9. The smallest absolute Gasteiger partial charge is 0.247 e. The van der Waals surface area contributed by atoms with Crippen molar-refractivity contribution in [2.75, 3.05) is 17.2 Å². The number of nitrogens with zero attached hydrogens (tertiary/aromatic N) is 4. The highest BCUT2D eigenvalue weighted by Gasteiger charge is 2.25. The van der Waals surface area contributed by atoms with Gasteiger partial charge in [0.15, 0.2) is 11.0 Å². The van der Waals surface area contributed by atoms with Gasteiger partial charge in [-0.15, -0.1) is 0 Å². The summed E-state index contributed by atoms with van der Waals surface area (Å²) < 4.78 is 1.96. The second kappa shape index (κ2) is 12.0. The Bertz CT molecular complexity index is 1440. The lowest BCUT2D eigenvalue weighted by molar-refractivity contribution is -0.119. The molecule has 0 aliphatic carbocycles. The highest BCUT2D eigenvalue weighted by Crippen LogP contribution is 2.31. The summed E-state index contributed by atoms with van der Waals surface area (Å²) in [5.41, 5.74) is 7.60. The molecule has 3 aliphatic heterocycles. The van der Waals surface area contributed by atoms with Gasteiger partial charge in [-0.25, -0.2) is 9.97 Å². The van der Waals surface area contributed by atoms with Crippen molar-refractivity contribution in [3.05, 3.63) is 77.0 Å². The van der Waals surface area contributed by atoms with Crippen LogP contribution >= 0.6 is 11.8 Å². The second-order valence-corrected chi connectivity index (χ2v) is 10.9. The van der Waals surface area contributed by atoms with E-state index in [0.29, 0.717) is 6.42 Å². The quantitative estimate of drug-likeness (QED) is 0.210. The number of imidazole rings is 1. The third-order valence-corrected chi connectivity index (χ3v) is 8.07. The zero-order valence-electron chi connectivity index (χ0n) is 23.1. The Morgan fingerprint density at radius 1 is 1.05 bits per heavy atom. The summed E-state index contributed by atoms with van der Waals surface area (Å²) in [6, 6.07) is 16.6. The third-order valence-electron chi connectivity index (χ3n) is 7.15. The van der Waals surface area contributed by atoms with Crippen LogP contribution in [-0.2, 0) is 23.4 Å². The fourth-order valence-corrected chi connectivity index (χ4v) is 5.58. The Kier molecular flexibility index (Phi) is 8.31. The van der Waals surface area contributed by atoms with Crippen molar-refractivity contribution in [3.8, 4) is 11.5 Å². The predicted octanol–water partition coefficient (Wildman–Crippen LogP) is 6.56. The number of aryl methyl sites for hydroxylation is 3. The topological polar surface area (TPSA) is 84.2 Å². The van der Waals surface area contributed by atoms with E-state index in [1.54, 1.807) is 11.8 Å². The molecule has 0 saturated heterocycles. The fraction of sp³-hybridized carbons (Fsp3) is 0.355. The molecule has 0 spiro atoms. The highest BCUT2D eigenvalue weighted by atomic mass is 32.2. The molecule has 5 rings (SSSR count). The monoisotopic (exact) mass is 540 g/mol. The number of pyridine rings is 1. The van der Waals surface area contributed by atoms with Crippen molar-refractivity contribution in [2.24, 2.45) is 4.99 Å². The first-order chi connectivity index (χ1) is 19.0. The van der Waals surface area contributed by atoms with E-state index in [-0.39, 0.29) is 11.9 Å². The molecule has 0 radical (unpaired) electrons. The molecule has 2 atom stereocenters. The summed E-state index contributed by atoms with van der Waals surface area (Å²) in [6.45, 7) is 9.19. The number of fused-ring (bicyclic) bond motifs is 1. The number of amides is 1. The van der Waals surface area contributed by atoms with Gasteiger partial charge in [-0.1, -0.05) is 56.8 Å². The number of carbonyl (C=O) groups excluding carboxylic acids is 1. The van der Waals surface area contributed by atoms with Crippen LogP contribution in [0.3, 0.4) is 0 Å². The number of benzene rings is 2. The maximum Gasteiger partial charge on any atom is 0.247 e. The first-order valence-electron chi connectivity index (χ1n) is 13.7. The molecule has 2 N–H and O–H groups in total. The van der Waals surface area contributed by atoms with E-state index in [0.717, 1.165) is 58.8 Å². The average Bonchev–Trinajstić information content (AvgIpc) is 3.35. The van der Waals surface area contributed by atoms with Crippen molar-refractivity contribution in [3.63, 3.8) is 0 Å². The van der Waals surface area contributed by atoms with Crippen molar-refractivity contribution >= 4 is 35.3 Å². The second-order valence-electron chi connectivity index (χ2n) is 9.99. The number of nitrogens with one attached hydrogen (secondary N) is 2. The van der Waals surface area contributed by atoms with E-state index in [1.807, 2.05) is 61.2 Å². The molecular formula is C31H36N6OS. The van der Waals surface area contributed by atoms with Gasteiger partial charge in [-0.05, 0) is 72.7 Å². The Labute approximate surface area is 234 Å². The number of carbonyl (C=O) groups is 1. The standard InChI is InChI=1S/C31H36N6OS/c1-5-21-13-22(6-2)15-23(14-21)19-39-31-35-26-9-8-12-37(29(26)36-31)28(7-3)30(38)34-27-16-24(11-10-20(27)4)33-25-17-32-18-25/h8-17,25,28,33H,5-7,18-19H2,1-4H3,(H,34,38). The minimum atomic E-state index is -0.411. The lowest BCUT2D eigenvalue weighted by atomic mass is 10.0. The molecule has 0 saturated carbocycles. The number of thioether (sulfide) groups is 1. The molecule has 1 amide bonds. The molecular weight excluding hydrogens is 504 g/mol. The van der Waals surface area contributed by atoms with Crippen molar-refractivity contribution in [1.82, 2.24) is 14.5 Å². The van der Waals surface area contributed by atoms with Gasteiger partial charge in [0.05, 0.1) is 12.6 Å². The molecule has 202 valence electrons. The fourth-order valence-electron chi connectivity index (χ4n) is 4.80. The van der Waals surface area contributed by atoms with E-state index in [1.165, 1.54) is 16.7 Å². The number of aromatic nitrogens is 3. The van der Waals surface area contributed by atoms with Gasteiger partial charge in [-0.2, -0.15) is 0 Å². The van der Waals surface area contributed by atoms with E-state index in [2.05, 4.69) is 47.7 Å². The Hall–Kier alpha value is -3.65. The lowest BCUT2D eigenvalue weighted by Crippen LogP contribution is -2.31. The Morgan fingerprint density at radius 3 is 2.46 bits per heavy atom. The maximum atomic E-state index is 13.6.